The zero-order valence-electron chi connectivity index (χ0n) is 24.7. The number of hydrogen-bond acceptors (Lipinski definition) is 8. The highest BCUT2D eigenvalue weighted by Crippen LogP contribution is 2.46. The van der Waals surface area contributed by atoms with Crippen molar-refractivity contribution in [3.05, 3.63) is 35.9 Å². The van der Waals surface area contributed by atoms with Crippen LogP contribution >= 0.6 is 11.8 Å². The van der Waals surface area contributed by atoms with Gasteiger partial charge in [-0.2, -0.15) is 0 Å². The monoisotopic (exact) mass is 582 g/mol. The van der Waals surface area contributed by atoms with Crippen LogP contribution in [0.5, 0.6) is 0 Å². The predicted molar refractivity (Wildman–Crippen MR) is 156 cm³/mol. The third-order valence-electron chi connectivity index (χ3n) is 7.15. The van der Waals surface area contributed by atoms with Gasteiger partial charge in [0.1, 0.15) is 0 Å². The molecule has 220 valence electrons. The molecule has 0 heterocycles. The van der Waals surface area contributed by atoms with Gasteiger partial charge in [-0.1, -0.05) is 62.9 Å². The number of ketones is 1. The van der Waals surface area contributed by atoms with Crippen LogP contribution in [-0.2, 0) is 18.0 Å². The van der Waals surface area contributed by atoms with Gasteiger partial charge < -0.3 is 28.6 Å². The van der Waals surface area contributed by atoms with Gasteiger partial charge in [-0.25, -0.2) is 4.79 Å². The smallest absolute Gasteiger partial charge is 0.435 e. The number of carbonyl (C=O) groups is 3. The van der Waals surface area contributed by atoms with E-state index in [0.717, 1.165) is 19.3 Å². The van der Waals surface area contributed by atoms with Crippen LogP contribution in [0.25, 0.3) is 0 Å². The van der Waals surface area contributed by atoms with E-state index in [9.17, 15) is 14.4 Å². The number of carbonyl (C=O) groups excluding carboxylic acids is 3. The summed E-state index contributed by atoms with van der Waals surface area (Å²) in [4.78, 5) is 38.3. The van der Waals surface area contributed by atoms with Crippen LogP contribution in [0.4, 0.5) is 9.59 Å². The summed E-state index contributed by atoms with van der Waals surface area (Å²) in [5.74, 6) is 0.374. The van der Waals surface area contributed by atoms with Crippen molar-refractivity contribution >= 4 is 37.7 Å². The number of Topliss-reactive ketones (excluding diaryl/α,β-unsaturated/α-hetero) is 1. The lowest BCUT2D eigenvalue weighted by Gasteiger charge is -2.46. The molecular weight excluding hydrogens is 536 g/mol. The molecule has 2 atom stereocenters. The number of amides is 2. The second-order valence-electron chi connectivity index (χ2n) is 11.9. The van der Waals surface area contributed by atoms with Crippen molar-refractivity contribution in [3.63, 3.8) is 0 Å². The van der Waals surface area contributed by atoms with E-state index in [1.54, 1.807) is 59.4 Å². The molecule has 1 saturated carbocycles. The number of benzene rings is 1. The minimum Gasteiger partial charge on any atom is -0.435 e. The molecule has 2 amide bonds. The van der Waals surface area contributed by atoms with Crippen molar-refractivity contribution in [1.29, 1.82) is 0 Å². The van der Waals surface area contributed by atoms with Crippen LogP contribution in [-0.4, -0.2) is 71.2 Å². The Hall–Kier alpha value is -1.92. The Morgan fingerprint density at radius 1 is 1.03 bits per heavy atom. The molecular formula is C28H46N2O7SSi. The Kier molecular flexibility index (Phi) is 12.0. The van der Waals surface area contributed by atoms with Gasteiger partial charge in [0.2, 0.25) is 5.78 Å². The summed E-state index contributed by atoms with van der Waals surface area (Å²) in [6, 6.07) is 9.30. The van der Waals surface area contributed by atoms with Gasteiger partial charge in [-0.05, 0) is 50.4 Å². The number of thioether (sulfide) groups is 1. The Morgan fingerprint density at radius 3 is 2.23 bits per heavy atom. The second-order valence-corrected chi connectivity index (χ2v) is 16.0. The first kappa shape index (κ1) is 33.3. The van der Waals surface area contributed by atoms with Crippen LogP contribution in [0.1, 0.15) is 70.7 Å². The number of hydrogen-bond donors (Lipinski definition) is 2. The molecule has 1 aromatic rings. The van der Waals surface area contributed by atoms with Gasteiger partial charge in [0.25, 0.3) is 5.24 Å². The van der Waals surface area contributed by atoms with Crippen LogP contribution in [0, 0.1) is 10.8 Å². The van der Waals surface area contributed by atoms with Crippen molar-refractivity contribution in [2.45, 2.75) is 78.0 Å². The Bertz CT molecular complexity index is 964. The van der Waals surface area contributed by atoms with Crippen LogP contribution in [0.3, 0.4) is 0 Å². The normalized spacial score (nSPS) is 21.2. The lowest BCUT2D eigenvalue weighted by atomic mass is 9.62. The highest BCUT2D eigenvalue weighted by Gasteiger charge is 2.43. The van der Waals surface area contributed by atoms with Gasteiger partial charge in [0.05, 0.1) is 0 Å². The Morgan fingerprint density at radius 2 is 1.64 bits per heavy atom. The Labute approximate surface area is 238 Å². The van der Waals surface area contributed by atoms with Crippen molar-refractivity contribution < 1.29 is 32.4 Å². The van der Waals surface area contributed by atoms with Gasteiger partial charge >= 0.3 is 14.9 Å². The molecule has 1 fully saturated rings. The molecule has 0 saturated heterocycles. The molecule has 11 heteroatoms. The molecule has 0 bridgehead atoms. The lowest BCUT2D eigenvalue weighted by Crippen LogP contribution is -2.51. The number of alkyl carbamates (subject to hydrolysis) is 1. The van der Waals surface area contributed by atoms with Crippen molar-refractivity contribution in [3.8, 4) is 0 Å². The van der Waals surface area contributed by atoms with Gasteiger partial charge in [0, 0.05) is 51.3 Å². The minimum absolute atomic E-state index is 0.0490. The van der Waals surface area contributed by atoms with Crippen molar-refractivity contribution in [2.75, 3.05) is 33.6 Å². The number of rotatable bonds is 13. The first-order chi connectivity index (χ1) is 18.2. The van der Waals surface area contributed by atoms with E-state index in [-0.39, 0.29) is 27.9 Å². The second kappa shape index (κ2) is 14.1. The molecule has 0 aliphatic heterocycles. The maximum absolute atomic E-state index is 12.9. The third-order valence-corrected chi connectivity index (χ3v) is 10.9. The fraction of sp³-hybridized carbons (Fsp3) is 0.679. The average Bonchev–Trinajstić information content (AvgIpc) is 2.86. The zero-order valence-corrected chi connectivity index (χ0v) is 26.5. The quantitative estimate of drug-likeness (QED) is 0.174. The summed E-state index contributed by atoms with van der Waals surface area (Å²) in [7, 11) is 2.11. The third kappa shape index (κ3) is 10.2. The van der Waals surface area contributed by atoms with E-state index in [4.69, 9.17) is 18.0 Å². The van der Waals surface area contributed by atoms with Crippen molar-refractivity contribution in [2.24, 2.45) is 10.8 Å². The van der Waals surface area contributed by atoms with Gasteiger partial charge in [-0.3, -0.25) is 9.59 Å². The first-order valence-electron chi connectivity index (χ1n) is 13.3. The first-order valence-corrected chi connectivity index (χ1v) is 16.3. The topological polar surface area (TPSA) is 112 Å². The lowest BCUT2D eigenvalue weighted by molar-refractivity contribution is 0.0241. The molecule has 9 nitrogen and oxygen atoms in total. The summed E-state index contributed by atoms with van der Waals surface area (Å²) in [5, 5.41) is 5.98. The molecule has 2 rings (SSSR count). The molecule has 39 heavy (non-hydrogen) atoms. The highest BCUT2D eigenvalue weighted by atomic mass is 32.2. The van der Waals surface area contributed by atoms with Crippen molar-refractivity contribution in [1.82, 2.24) is 10.6 Å². The van der Waals surface area contributed by atoms with Gasteiger partial charge in [0.15, 0.2) is 5.60 Å². The number of nitrogens with one attached hydrogen (secondary N) is 2. The molecule has 0 radical (unpaired) electrons. The standard InChI is InChI=1S/C28H46N2O7SSi/c1-26(2)17-22(30-24(32)37-27(3,4)23(31)21-13-10-9-11-14-21)18-28(5,19-26)20-29-25(33)38-15-12-16-39(34-6,35-7)36-8/h9-11,13-14,22H,12,15-20H2,1-8H3,(H,29,33)(H,30,32). The van der Waals surface area contributed by atoms with Crippen LogP contribution in [0.2, 0.25) is 6.04 Å². The van der Waals surface area contributed by atoms with E-state index < -0.39 is 20.5 Å². The molecule has 1 aromatic carbocycles. The fourth-order valence-electron chi connectivity index (χ4n) is 5.63. The molecule has 0 spiro atoms. The highest BCUT2D eigenvalue weighted by molar-refractivity contribution is 8.13. The van der Waals surface area contributed by atoms with E-state index in [1.807, 2.05) is 6.07 Å². The van der Waals surface area contributed by atoms with Crippen LogP contribution in [0.15, 0.2) is 30.3 Å². The Balaban J connectivity index is 1.88. The van der Waals surface area contributed by atoms with E-state index >= 15 is 0 Å². The largest absolute Gasteiger partial charge is 0.500 e. The van der Waals surface area contributed by atoms with Crippen LogP contribution < -0.4 is 10.6 Å². The minimum atomic E-state index is -2.63. The SMILES string of the molecule is CO[Si](CCCSC(=O)NCC1(C)CC(NC(=O)OC(C)(C)C(=O)c2ccccc2)CC(C)(C)C1)(OC)OC. The maximum Gasteiger partial charge on any atom is 0.500 e. The molecule has 1 aliphatic carbocycles. The summed E-state index contributed by atoms with van der Waals surface area (Å²) < 4.78 is 21.9. The predicted octanol–water partition coefficient (Wildman–Crippen LogP) is 5.67. The van der Waals surface area contributed by atoms with E-state index in [1.165, 1.54) is 11.8 Å². The fourth-order valence-corrected chi connectivity index (χ4v) is 8.25. The summed E-state index contributed by atoms with van der Waals surface area (Å²) in [5.41, 5.74) is -1.07. The molecule has 2 unspecified atom stereocenters. The summed E-state index contributed by atoms with van der Waals surface area (Å²) in [6.45, 7) is 10.2. The van der Waals surface area contributed by atoms with E-state index in [2.05, 4.69) is 31.4 Å². The van der Waals surface area contributed by atoms with E-state index in [0.29, 0.717) is 30.3 Å². The maximum atomic E-state index is 12.9. The molecule has 2 N–H and O–H groups in total. The average molecular weight is 583 g/mol. The zero-order chi connectivity index (χ0) is 29.3. The number of ether oxygens (including phenoxy) is 1. The van der Waals surface area contributed by atoms with Gasteiger partial charge in [-0.15, -0.1) is 0 Å². The molecule has 1 aliphatic rings. The summed E-state index contributed by atoms with van der Waals surface area (Å²) >= 11 is 1.24. The summed E-state index contributed by atoms with van der Waals surface area (Å²) in [6.07, 6.45) is 2.49. The molecule has 0 aromatic heterocycles.